The van der Waals surface area contributed by atoms with Crippen molar-refractivity contribution in [3.63, 3.8) is 0 Å². The molecule has 1 aromatic heterocycles. The first kappa shape index (κ1) is 24.0. The van der Waals surface area contributed by atoms with Crippen LogP contribution in [-0.4, -0.2) is 51.7 Å². The lowest BCUT2D eigenvalue weighted by molar-refractivity contribution is -0.143. The van der Waals surface area contributed by atoms with Crippen LogP contribution in [0.5, 0.6) is 0 Å². The minimum Gasteiger partial charge on any atom is -0.480 e. The Balaban J connectivity index is 1.45. The van der Waals surface area contributed by atoms with Crippen molar-refractivity contribution < 1.29 is 24.2 Å². The van der Waals surface area contributed by atoms with Gasteiger partial charge in [0.2, 0.25) is 5.91 Å². The van der Waals surface area contributed by atoms with E-state index in [2.05, 4.69) is 20.6 Å². The van der Waals surface area contributed by atoms with E-state index < -0.39 is 30.1 Å². The molecule has 182 valence electrons. The third kappa shape index (κ3) is 5.34. The zero-order valence-electron chi connectivity index (χ0n) is 19.5. The number of carbonyl (C=O) groups is 3. The van der Waals surface area contributed by atoms with E-state index in [1.807, 2.05) is 48.5 Å². The summed E-state index contributed by atoms with van der Waals surface area (Å²) in [6.07, 6.45) is 2.34. The van der Waals surface area contributed by atoms with Gasteiger partial charge in [-0.05, 0) is 28.2 Å². The van der Waals surface area contributed by atoms with Crippen LogP contribution in [0.25, 0.3) is 11.1 Å². The lowest BCUT2D eigenvalue weighted by Gasteiger charge is -2.23. The number of aliphatic carboxylic acids is 1. The van der Waals surface area contributed by atoms with E-state index in [1.54, 1.807) is 13.8 Å². The van der Waals surface area contributed by atoms with Crippen molar-refractivity contribution in [3.8, 4) is 11.1 Å². The molecule has 2 atom stereocenters. The number of hydrogen-bond donors (Lipinski definition) is 4. The molecule has 0 fully saturated rings. The zero-order chi connectivity index (χ0) is 24.9. The number of carboxylic acid groups (broad SMARTS) is 1. The summed E-state index contributed by atoms with van der Waals surface area (Å²) in [4.78, 5) is 44.1. The first-order valence-electron chi connectivity index (χ1n) is 11.5. The fourth-order valence-electron chi connectivity index (χ4n) is 4.38. The Kier molecular flexibility index (Phi) is 7.14. The lowest BCUT2D eigenvalue weighted by atomic mass is 9.98. The average Bonchev–Trinajstić information content (AvgIpc) is 3.46. The number of nitrogens with one attached hydrogen (secondary N) is 3. The molecule has 1 aliphatic rings. The van der Waals surface area contributed by atoms with Crippen LogP contribution >= 0.6 is 0 Å². The van der Waals surface area contributed by atoms with Gasteiger partial charge in [0.15, 0.2) is 0 Å². The summed E-state index contributed by atoms with van der Waals surface area (Å²) < 4.78 is 5.57. The van der Waals surface area contributed by atoms with Crippen molar-refractivity contribution in [2.24, 2.45) is 5.92 Å². The Bertz CT molecular complexity index is 1160. The standard InChI is InChI=1S/C26H28N4O5/c1-15(2)23(25(32)33)30-24(31)22(11-16-12-27-14-28-16)29-26(34)35-13-21-19-9-5-3-7-17(19)18-8-4-6-10-20(18)21/h3-10,12,14-15,21-23H,11,13H2,1-2H3,(H,27,28)(H,29,34)(H,30,31)(H,32,33)/t22?,23-/m1/s1. The predicted octanol–water partition coefficient (Wildman–Crippen LogP) is 3.08. The van der Waals surface area contributed by atoms with E-state index in [0.717, 1.165) is 22.3 Å². The number of rotatable bonds is 9. The van der Waals surface area contributed by atoms with Crippen LogP contribution in [0, 0.1) is 5.92 Å². The number of carboxylic acids is 1. The van der Waals surface area contributed by atoms with Gasteiger partial charge in [0, 0.05) is 24.2 Å². The molecule has 2 amide bonds. The van der Waals surface area contributed by atoms with Crippen LogP contribution in [0.3, 0.4) is 0 Å². The minimum atomic E-state index is -1.14. The second kappa shape index (κ2) is 10.4. The van der Waals surface area contributed by atoms with Gasteiger partial charge in [0.1, 0.15) is 18.7 Å². The first-order valence-corrected chi connectivity index (χ1v) is 11.5. The molecule has 0 radical (unpaired) electrons. The predicted molar refractivity (Wildman–Crippen MR) is 129 cm³/mol. The maximum absolute atomic E-state index is 12.9. The summed E-state index contributed by atoms with van der Waals surface area (Å²) >= 11 is 0. The maximum Gasteiger partial charge on any atom is 0.407 e. The van der Waals surface area contributed by atoms with Gasteiger partial charge in [0.05, 0.1) is 6.33 Å². The zero-order valence-corrected chi connectivity index (χ0v) is 19.5. The Hall–Kier alpha value is -4.14. The summed E-state index contributed by atoms with van der Waals surface area (Å²) in [5.41, 5.74) is 4.99. The van der Waals surface area contributed by atoms with Crippen LogP contribution in [0.4, 0.5) is 4.79 Å². The summed E-state index contributed by atoms with van der Waals surface area (Å²) in [5, 5.41) is 14.5. The highest BCUT2D eigenvalue weighted by Crippen LogP contribution is 2.44. The third-order valence-electron chi connectivity index (χ3n) is 6.16. The van der Waals surface area contributed by atoms with E-state index in [0.29, 0.717) is 5.69 Å². The molecular weight excluding hydrogens is 448 g/mol. The molecule has 1 heterocycles. The van der Waals surface area contributed by atoms with Crippen molar-refractivity contribution in [3.05, 3.63) is 77.9 Å². The van der Waals surface area contributed by atoms with Crippen molar-refractivity contribution in [1.29, 1.82) is 0 Å². The number of H-pyrrole nitrogens is 1. The molecule has 0 bridgehead atoms. The van der Waals surface area contributed by atoms with Crippen molar-refractivity contribution in [1.82, 2.24) is 20.6 Å². The second-order valence-electron chi connectivity index (χ2n) is 8.87. The number of benzene rings is 2. The van der Waals surface area contributed by atoms with Gasteiger partial charge in [-0.2, -0.15) is 0 Å². The van der Waals surface area contributed by atoms with Gasteiger partial charge in [-0.3, -0.25) is 4.79 Å². The van der Waals surface area contributed by atoms with Gasteiger partial charge >= 0.3 is 12.1 Å². The molecular formula is C26H28N4O5. The van der Waals surface area contributed by atoms with E-state index >= 15 is 0 Å². The van der Waals surface area contributed by atoms with Gasteiger partial charge in [-0.25, -0.2) is 14.6 Å². The van der Waals surface area contributed by atoms with E-state index in [4.69, 9.17) is 4.74 Å². The summed E-state index contributed by atoms with van der Waals surface area (Å²) in [6, 6.07) is 13.9. The minimum absolute atomic E-state index is 0.0977. The van der Waals surface area contributed by atoms with Crippen molar-refractivity contribution >= 4 is 18.0 Å². The van der Waals surface area contributed by atoms with Gasteiger partial charge in [0.25, 0.3) is 0 Å². The van der Waals surface area contributed by atoms with Gasteiger partial charge in [-0.15, -0.1) is 0 Å². The molecule has 3 aromatic rings. The SMILES string of the molecule is CC(C)[C@@H](NC(=O)C(Cc1cnc[nH]1)NC(=O)OCC1c2ccccc2-c2ccccc21)C(=O)O. The highest BCUT2D eigenvalue weighted by Gasteiger charge is 2.31. The largest absolute Gasteiger partial charge is 0.480 e. The highest BCUT2D eigenvalue weighted by molar-refractivity contribution is 5.89. The number of carbonyl (C=O) groups excluding carboxylic acids is 2. The molecule has 0 aliphatic heterocycles. The topological polar surface area (TPSA) is 133 Å². The van der Waals surface area contributed by atoms with Crippen molar-refractivity contribution in [2.75, 3.05) is 6.61 Å². The third-order valence-corrected chi connectivity index (χ3v) is 6.16. The normalized spacial score (nSPS) is 14.0. The van der Waals surface area contributed by atoms with E-state index in [-0.39, 0.29) is 24.9 Å². The number of alkyl carbamates (subject to hydrolysis) is 1. The summed E-state index contributed by atoms with van der Waals surface area (Å²) in [6.45, 7) is 3.49. The number of ether oxygens (including phenoxy) is 1. The molecule has 4 rings (SSSR count). The fourth-order valence-corrected chi connectivity index (χ4v) is 4.38. The first-order chi connectivity index (χ1) is 16.8. The molecule has 2 aromatic carbocycles. The molecule has 1 aliphatic carbocycles. The van der Waals surface area contributed by atoms with Gasteiger partial charge < -0.3 is 25.5 Å². The van der Waals surface area contributed by atoms with Crippen LogP contribution in [0.2, 0.25) is 0 Å². The van der Waals surface area contributed by atoms with Crippen LogP contribution in [0.15, 0.2) is 61.1 Å². The van der Waals surface area contributed by atoms with Crippen molar-refractivity contribution in [2.45, 2.75) is 38.3 Å². The number of imidazole rings is 1. The maximum atomic E-state index is 12.9. The Morgan fingerprint density at radius 3 is 2.20 bits per heavy atom. The molecule has 9 nitrogen and oxygen atoms in total. The number of nitrogens with zero attached hydrogens (tertiary/aromatic N) is 1. The molecule has 35 heavy (non-hydrogen) atoms. The Morgan fingerprint density at radius 2 is 1.66 bits per heavy atom. The number of aromatic nitrogens is 2. The monoisotopic (exact) mass is 476 g/mol. The summed E-state index contributed by atoms with van der Waals surface area (Å²) in [5.74, 6) is -2.21. The summed E-state index contributed by atoms with van der Waals surface area (Å²) in [7, 11) is 0. The van der Waals surface area contributed by atoms with Crippen LogP contribution < -0.4 is 10.6 Å². The quantitative estimate of drug-likeness (QED) is 0.375. The van der Waals surface area contributed by atoms with Gasteiger partial charge in [-0.1, -0.05) is 62.4 Å². The molecule has 1 unspecified atom stereocenters. The Morgan fingerprint density at radius 1 is 1.03 bits per heavy atom. The lowest BCUT2D eigenvalue weighted by Crippen LogP contribution is -2.54. The highest BCUT2D eigenvalue weighted by atomic mass is 16.5. The molecule has 4 N–H and O–H groups in total. The number of fused-ring (bicyclic) bond motifs is 3. The number of hydrogen-bond acceptors (Lipinski definition) is 5. The van der Waals surface area contributed by atoms with E-state index in [9.17, 15) is 19.5 Å². The molecule has 0 spiro atoms. The Labute approximate surface area is 202 Å². The average molecular weight is 477 g/mol. The smallest absolute Gasteiger partial charge is 0.407 e. The van der Waals surface area contributed by atoms with Crippen LogP contribution in [-0.2, 0) is 20.7 Å². The number of amides is 2. The molecule has 9 heteroatoms. The van der Waals surface area contributed by atoms with E-state index in [1.165, 1.54) is 12.5 Å². The second-order valence-corrected chi connectivity index (χ2v) is 8.87. The number of aromatic amines is 1. The molecule has 0 saturated heterocycles. The van der Waals surface area contributed by atoms with Crippen LogP contribution in [0.1, 0.15) is 36.6 Å². The molecule has 0 saturated carbocycles. The fraction of sp³-hybridized carbons (Fsp3) is 0.308.